The van der Waals surface area contributed by atoms with Crippen LogP contribution in [0.2, 0.25) is 0 Å². The Kier molecular flexibility index (Phi) is 4.43. The van der Waals surface area contributed by atoms with Crippen LogP contribution in [-0.2, 0) is 0 Å². The highest BCUT2D eigenvalue weighted by atomic mass is 32.1. The normalized spacial score (nSPS) is 11.9. The van der Waals surface area contributed by atoms with Gasteiger partial charge in [-0.1, -0.05) is 31.3 Å². The molecule has 0 bridgehead atoms. The molecular weight excluding hydrogens is 220 g/mol. The van der Waals surface area contributed by atoms with Crippen molar-refractivity contribution in [1.29, 1.82) is 0 Å². The van der Waals surface area contributed by atoms with Gasteiger partial charge < -0.3 is 11.1 Å². The number of anilines is 1. The van der Waals surface area contributed by atoms with E-state index >= 15 is 0 Å². The lowest BCUT2D eigenvalue weighted by atomic mass is 10.1. The molecule has 0 amide bonds. The number of nitrogens with one attached hydrogen (secondary N) is 1. The van der Waals surface area contributed by atoms with E-state index in [-0.39, 0.29) is 11.7 Å². The van der Waals surface area contributed by atoms with Crippen LogP contribution < -0.4 is 11.1 Å². The highest BCUT2D eigenvalue weighted by Gasteiger charge is 2.05. The summed E-state index contributed by atoms with van der Waals surface area (Å²) in [4.78, 5) is 11.7. The summed E-state index contributed by atoms with van der Waals surface area (Å²) in [5.74, 6) is 0.196. The summed E-state index contributed by atoms with van der Waals surface area (Å²) in [5, 5.41) is 3.20. The second-order valence-corrected chi connectivity index (χ2v) is 4.29. The maximum absolute atomic E-state index is 11.2. The summed E-state index contributed by atoms with van der Waals surface area (Å²) in [5.41, 5.74) is 7.13. The van der Waals surface area contributed by atoms with Crippen molar-refractivity contribution in [3.8, 4) is 0 Å². The highest BCUT2D eigenvalue weighted by Crippen LogP contribution is 2.11. The van der Waals surface area contributed by atoms with Crippen LogP contribution in [0.3, 0.4) is 0 Å². The molecular formula is C12H16N2OS. The van der Waals surface area contributed by atoms with E-state index in [1.54, 1.807) is 13.0 Å². The summed E-state index contributed by atoms with van der Waals surface area (Å²) < 4.78 is 0. The third-order valence-electron chi connectivity index (χ3n) is 2.37. The fourth-order valence-corrected chi connectivity index (χ4v) is 1.30. The summed E-state index contributed by atoms with van der Waals surface area (Å²) in [6.07, 6.45) is 0. The van der Waals surface area contributed by atoms with Crippen molar-refractivity contribution in [2.75, 3.05) is 11.9 Å². The second kappa shape index (κ2) is 5.61. The molecule has 0 spiro atoms. The van der Waals surface area contributed by atoms with Crippen LogP contribution in [0.1, 0.15) is 24.2 Å². The Morgan fingerprint density at radius 3 is 2.81 bits per heavy atom. The van der Waals surface area contributed by atoms with Crippen LogP contribution in [0.5, 0.6) is 0 Å². The molecule has 1 atom stereocenters. The minimum atomic E-state index is 0.0612. The van der Waals surface area contributed by atoms with Gasteiger partial charge in [-0.25, -0.2) is 0 Å². The average molecular weight is 236 g/mol. The molecule has 1 aromatic carbocycles. The van der Waals surface area contributed by atoms with E-state index in [2.05, 4.69) is 5.32 Å². The number of ketones is 1. The Morgan fingerprint density at radius 1 is 1.56 bits per heavy atom. The first-order valence-corrected chi connectivity index (χ1v) is 5.55. The topological polar surface area (TPSA) is 55.1 Å². The van der Waals surface area contributed by atoms with E-state index in [0.717, 1.165) is 5.69 Å². The summed E-state index contributed by atoms with van der Waals surface area (Å²) in [7, 11) is 0. The van der Waals surface area contributed by atoms with Gasteiger partial charge in [0.2, 0.25) is 0 Å². The lowest BCUT2D eigenvalue weighted by Gasteiger charge is -2.12. The summed E-state index contributed by atoms with van der Waals surface area (Å²) in [6, 6.07) is 7.39. The third-order valence-corrected chi connectivity index (χ3v) is 2.77. The average Bonchev–Trinajstić information content (AvgIpc) is 2.26. The van der Waals surface area contributed by atoms with Gasteiger partial charge in [0.15, 0.2) is 5.78 Å². The largest absolute Gasteiger partial charge is 0.393 e. The molecule has 3 N–H and O–H groups in total. The van der Waals surface area contributed by atoms with Crippen LogP contribution in [0.25, 0.3) is 0 Å². The molecule has 0 aliphatic heterocycles. The van der Waals surface area contributed by atoms with Crippen molar-refractivity contribution >= 4 is 28.7 Å². The van der Waals surface area contributed by atoms with Gasteiger partial charge in [-0.3, -0.25) is 4.79 Å². The monoisotopic (exact) mass is 236 g/mol. The summed E-state index contributed by atoms with van der Waals surface area (Å²) in [6.45, 7) is 4.19. The molecule has 86 valence electrons. The fraction of sp³-hybridized carbons (Fsp3) is 0.333. The molecule has 0 heterocycles. The zero-order valence-corrected chi connectivity index (χ0v) is 10.3. The Balaban J connectivity index is 2.64. The Labute approximate surface area is 101 Å². The lowest BCUT2D eigenvalue weighted by Crippen LogP contribution is -2.25. The SMILES string of the molecule is CC(=O)c1cccc(NCC(C)C(N)=S)c1. The van der Waals surface area contributed by atoms with Gasteiger partial charge >= 0.3 is 0 Å². The predicted molar refractivity (Wildman–Crippen MR) is 70.9 cm³/mol. The first-order valence-electron chi connectivity index (χ1n) is 5.15. The summed E-state index contributed by atoms with van der Waals surface area (Å²) >= 11 is 4.88. The van der Waals surface area contributed by atoms with Crippen LogP contribution in [-0.4, -0.2) is 17.3 Å². The number of hydrogen-bond acceptors (Lipinski definition) is 3. The number of nitrogens with two attached hydrogens (primary N) is 1. The van der Waals surface area contributed by atoms with E-state index in [4.69, 9.17) is 18.0 Å². The molecule has 1 aromatic rings. The molecule has 0 saturated heterocycles. The fourth-order valence-electron chi connectivity index (χ4n) is 1.22. The van der Waals surface area contributed by atoms with E-state index in [9.17, 15) is 4.79 Å². The standard InChI is InChI=1S/C12H16N2OS/c1-8(12(13)16)7-14-11-5-3-4-10(6-11)9(2)15/h3-6,8,14H,7H2,1-2H3,(H2,13,16). The van der Waals surface area contributed by atoms with Gasteiger partial charge in [0.1, 0.15) is 0 Å². The van der Waals surface area contributed by atoms with E-state index < -0.39 is 0 Å². The zero-order chi connectivity index (χ0) is 12.1. The number of rotatable bonds is 5. The zero-order valence-electron chi connectivity index (χ0n) is 9.49. The van der Waals surface area contributed by atoms with Crippen molar-refractivity contribution in [1.82, 2.24) is 0 Å². The first kappa shape index (κ1) is 12.6. The van der Waals surface area contributed by atoms with Crippen LogP contribution in [0.4, 0.5) is 5.69 Å². The first-order chi connectivity index (χ1) is 7.50. The van der Waals surface area contributed by atoms with Gasteiger partial charge in [-0.15, -0.1) is 0 Å². The van der Waals surface area contributed by atoms with Gasteiger partial charge in [0, 0.05) is 23.7 Å². The van der Waals surface area contributed by atoms with Crippen molar-refractivity contribution in [3.63, 3.8) is 0 Å². The molecule has 16 heavy (non-hydrogen) atoms. The highest BCUT2D eigenvalue weighted by molar-refractivity contribution is 7.80. The minimum Gasteiger partial charge on any atom is -0.393 e. The number of Topliss-reactive ketones (excluding diaryl/α,β-unsaturated/α-hetero) is 1. The van der Waals surface area contributed by atoms with E-state index in [1.165, 1.54) is 0 Å². The molecule has 0 aliphatic rings. The smallest absolute Gasteiger partial charge is 0.159 e. The maximum atomic E-state index is 11.2. The molecule has 4 heteroatoms. The maximum Gasteiger partial charge on any atom is 0.159 e. The minimum absolute atomic E-state index is 0.0612. The lowest BCUT2D eigenvalue weighted by molar-refractivity contribution is 0.101. The Bertz CT molecular complexity index is 404. The quantitative estimate of drug-likeness (QED) is 0.608. The van der Waals surface area contributed by atoms with E-state index in [1.807, 2.05) is 25.1 Å². The van der Waals surface area contributed by atoms with Crippen molar-refractivity contribution < 1.29 is 4.79 Å². The predicted octanol–water partition coefficient (Wildman–Crippen LogP) is 2.22. The number of thiocarbonyl (C=S) groups is 1. The molecule has 3 nitrogen and oxygen atoms in total. The third kappa shape index (κ3) is 3.62. The molecule has 0 radical (unpaired) electrons. The van der Waals surface area contributed by atoms with Crippen molar-refractivity contribution in [2.24, 2.45) is 11.7 Å². The van der Waals surface area contributed by atoms with Gasteiger partial charge in [-0.2, -0.15) is 0 Å². The van der Waals surface area contributed by atoms with Crippen molar-refractivity contribution in [2.45, 2.75) is 13.8 Å². The molecule has 0 aromatic heterocycles. The molecule has 1 rings (SSSR count). The number of hydrogen-bond donors (Lipinski definition) is 2. The molecule has 0 saturated carbocycles. The number of carbonyl (C=O) groups is 1. The number of benzene rings is 1. The van der Waals surface area contributed by atoms with Gasteiger partial charge in [0.05, 0.1) is 4.99 Å². The van der Waals surface area contributed by atoms with Crippen molar-refractivity contribution in [3.05, 3.63) is 29.8 Å². The Morgan fingerprint density at radius 2 is 2.25 bits per heavy atom. The number of carbonyl (C=O) groups excluding carboxylic acids is 1. The van der Waals surface area contributed by atoms with E-state index in [0.29, 0.717) is 17.1 Å². The van der Waals surface area contributed by atoms with Gasteiger partial charge in [0.25, 0.3) is 0 Å². The van der Waals surface area contributed by atoms with Crippen LogP contribution in [0, 0.1) is 5.92 Å². The molecule has 1 unspecified atom stereocenters. The molecule has 0 aliphatic carbocycles. The molecule has 0 fully saturated rings. The van der Waals surface area contributed by atoms with Crippen LogP contribution >= 0.6 is 12.2 Å². The van der Waals surface area contributed by atoms with Crippen LogP contribution in [0.15, 0.2) is 24.3 Å². The second-order valence-electron chi connectivity index (χ2n) is 3.82. The Hall–Kier alpha value is -1.42. The van der Waals surface area contributed by atoms with Gasteiger partial charge in [-0.05, 0) is 19.1 Å².